The average Bonchev–Trinajstić information content (AvgIpc) is 3.54. The summed E-state index contributed by atoms with van der Waals surface area (Å²) in [6.45, 7) is 6.74. The zero-order valence-corrected chi connectivity index (χ0v) is 20.3. The van der Waals surface area contributed by atoms with Crippen LogP contribution in [0.15, 0.2) is 69.9 Å². The standard InChI is InChI=1S/C7H3ClN4.C6H3Cl2N3.C6H2Cl2N3/c1-9-6-4-5(8)12-7(11-6)2-3-10-12;2*7-4-3-5(8)11-6(10-4)1-2-9-11/h2-4H;1-3H;1,3H/q;;+1. The van der Waals surface area contributed by atoms with Crippen LogP contribution in [0.4, 0.5) is 5.82 Å². The van der Waals surface area contributed by atoms with E-state index in [1.165, 1.54) is 26.2 Å². The van der Waals surface area contributed by atoms with Gasteiger partial charge in [0, 0.05) is 35.4 Å². The Kier molecular flexibility index (Phi) is 7.24. The van der Waals surface area contributed by atoms with Crippen LogP contribution in [0.25, 0.3) is 16.1 Å². The number of halogens is 5. The van der Waals surface area contributed by atoms with Crippen LogP contribution in [0.1, 0.15) is 0 Å². The third-order valence-corrected chi connectivity index (χ3v) is 5.13. The van der Waals surface area contributed by atoms with E-state index in [9.17, 15) is 0 Å². The van der Waals surface area contributed by atoms with Crippen molar-refractivity contribution < 1.29 is 0 Å². The maximum absolute atomic E-state index is 6.74. The third-order valence-electron chi connectivity index (χ3n) is 3.93. The van der Waals surface area contributed by atoms with Crippen molar-refractivity contribution in [1.29, 1.82) is 0 Å². The van der Waals surface area contributed by atoms with Crippen LogP contribution in [0.3, 0.4) is 0 Å². The van der Waals surface area contributed by atoms with Crippen LogP contribution in [0.5, 0.6) is 0 Å². The quantitative estimate of drug-likeness (QED) is 0.158. The molecule has 0 bridgehead atoms. The summed E-state index contributed by atoms with van der Waals surface area (Å²) in [5, 5.41) is 15.1. The smallest absolute Gasteiger partial charge is 0.308 e. The number of aromatic nitrogens is 6. The molecule has 34 heavy (non-hydrogen) atoms. The molecule has 0 amide bonds. The first-order chi connectivity index (χ1) is 16.4. The summed E-state index contributed by atoms with van der Waals surface area (Å²) in [7, 11) is 0. The highest BCUT2D eigenvalue weighted by Gasteiger charge is 2.29. The van der Waals surface area contributed by atoms with Gasteiger partial charge in [-0.3, -0.25) is 0 Å². The van der Waals surface area contributed by atoms with E-state index in [0.717, 1.165) is 0 Å². The molecule has 2 aliphatic heterocycles. The van der Waals surface area contributed by atoms with E-state index in [-0.39, 0.29) is 5.82 Å². The molecule has 0 radical (unpaired) electrons. The highest BCUT2D eigenvalue weighted by atomic mass is 35.5. The number of fused-ring (bicyclic) bond motifs is 3. The summed E-state index contributed by atoms with van der Waals surface area (Å²) < 4.78 is 2.98. The van der Waals surface area contributed by atoms with Crippen molar-refractivity contribution in [1.82, 2.24) is 34.2 Å². The zero-order valence-electron chi connectivity index (χ0n) is 16.5. The monoisotopic (exact) mass is 551 g/mol. The van der Waals surface area contributed by atoms with Crippen molar-refractivity contribution in [2.24, 2.45) is 10.1 Å². The Labute approximate surface area is 216 Å². The molecule has 4 aromatic heterocycles. The van der Waals surface area contributed by atoms with Gasteiger partial charge in [0.1, 0.15) is 15.5 Å². The second kappa shape index (κ2) is 10.3. The summed E-state index contributed by atoms with van der Waals surface area (Å²) in [5.74, 6) is 0.885. The van der Waals surface area contributed by atoms with Gasteiger partial charge in [-0.15, -0.1) is 9.98 Å². The second-order valence-electron chi connectivity index (χ2n) is 6.10. The van der Waals surface area contributed by atoms with Gasteiger partial charge in [-0.1, -0.05) is 69.6 Å². The first-order valence-corrected chi connectivity index (χ1v) is 10.9. The van der Waals surface area contributed by atoms with Gasteiger partial charge in [-0.05, 0) is 0 Å². The van der Waals surface area contributed by atoms with Crippen LogP contribution in [-0.2, 0) is 0 Å². The molecule has 0 aromatic carbocycles. The Balaban J connectivity index is 0.000000121. The minimum atomic E-state index is 0.285. The van der Waals surface area contributed by atoms with Gasteiger partial charge in [-0.25, -0.2) is 9.50 Å². The number of allylic oxidation sites excluding steroid dienone is 2. The van der Waals surface area contributed by atoms with Crippen molar-refractivity contribution in [3.8, 4) is 0 Å². The molecule has 0 N–H and O–H groups in total. The predicted octanol–water partition coefficient (Wildman–Crippen LogP) is 5.71. The molecule has 4 aromatic rings. The molecule has 10 nitrogen and oxygen atoms in total. The molecular weight excluding hydrogens is 546 g/mol. The molecule has 0 atom stereocenters. The molecule has 0 unspecified atom stereocenters. The van der Waals surface area contributed by atoms with Crippen molar-refractivity contribution in [2.45, 2.75) is 0 Å². The molecular formula is C19H8Cl5N10+. The summed E-state index contributed by atoms with van der Waals surface area (Å²) in [5.41, 5.74) is 1.25. The molecule has 0 spiro atoms. The lowest BCUT2D eigenvalue weighted by Crippen LogP contribution is -2.13. The maximum Gasteiger partial charge on any atom is 0.308 e. The van der Waals surface area contributed by atoms with Gasteiger partial charge >= 0.3 is 5.82 Å². The Hall–Kier alpha value is -3.29. The third kappa shape index (κ3) is 5.26. The lowest BCUT2D eigenvalue weighted by atomic mass is 10.5. The fourth-order valence-corrected chi connectivity index (χ4v) is 3.74. The topological polar surface area (TPSA) is 92.7 Å². The largest absolute Gasteiger partial charge is 0.360 e. The number of hydrogen-bond donors (Lipinski definition) is 0. The van der Waals surface area contributed by atoms with Crippen LogP contribution < -0.4 is 0 Å². The molecule has 15 heteroatoms. The molecule has 0 saturated carbocycles. The number of rotatable bonds is 0. The van der Waals surface area contributed by atoms with E-state index in [1.54, 1.807) is 36.7 Å². The first-order valence-electron chi connectivity index (χ1n) is 8.97. The Morgan fingerprint density at radius 1 is 0.882 bits per heavy atom. The number of nitrogens with zero attached hydrogens (tertiary/aromatic N) is 10. The molecule has 0 aliphatic carbocycles. The van der Waals surface area contributed by atoms with E-state index >= 15 is 0 Å². The summed E-state index contributed by atoms with van der Waals surface area (Å²) in [6.07, 6.45) is 8.95. The van der Waals surface area contributed by atoms with Crippen molar-refractivity contribution >= 4 is 86.5 Å². The van der Waals surface area contributed by atoms with Crippen molar-refractivity contribution in [2.75, 3.05) is 0 Å². The fourth-order valence-electron chi connectivity index (χ4n) is 2.56. The summed E-state index contributed by atoms with van der Waals surface area (Å²) in [6, 6.07) is 6.45. The van der Waals surface area contributed by atoms with Crippen LogP contribution in [-0.4, -0.2) is 45.6 Å². The molecule has 6 rings (SSSR count). The fraction of sp³-hybridized carbons (Fsp3) is 0. The van der Waals surface area contributed by atoms with E-state index in [2.05, 4.69) is 41.3 Å². The van der Waals surface area contributed by atoms with Gasteiger partial charge in [0.25, 0.3) is 5.82 Å². The van der Waals surface area contributed by atoms with Gasteiger partial charge in [-0.2, -0.15) is 14.7 Å². The zero-order chi connectivity index (χ0) is 24.2. The second-order valence-corrected chi connectivity index (χ2v) is 8.03. The Bertz CT molecular complexity index is 1540. The molecule has 0 fully saturated rings. The van der Waals surface area contributed by atoms with Crippen molar-refractivity contribution in [3.05, 3.63) is 86.7 Å². The molecule has 2 aliphatic rings. The first kappa shape index (κ1) is 23.9. The molecule has 0 saturated heterocycles. The minimum absolute atomic E-state index is 0.285. The molecule has 6 heterocycles. The Morgan fingerprint density at radius 2 is 1.53 bits per heavy atom. The van der Waals surface area contributed by atoms with Crippen LogP contribution in [0.2, 0.25) is 15.5 Å². The summed E-state index contributed by atoms with van der Waals surface area (Å²) in [4.78, 5) is 15.1. The average molecular weight is 554 g/mol. The van der Waals surface area contributed by atoms with Gasteiger partial charge in [0.05, 0.1) is 12.4 Å². The van der Waals surface area contributed by atoms with E-state index < -0.39 is 0 Å². The SMILES string of the molecule is ClC1=CC(Cl)=NC2=C[C+]=NN12.Clc1cc(Cl)n2nccc2n1.[C-]#[N+]c1cc(Cl)n2nccc2n1. The van der Waals surface area contributed by atoms with Gasteiger partial charge < -0.3 is 4.85 Å². The lowest BCUT2D eigenvalue weighted by molar-refractivity contribution is 0.490. The van der Waals surface area contributed by atoms with Crippen LogP contribution >= 0.6 is 58.0 Å². The minimum Gasteiger partial charge on any atom is -0.360 e. The predicted molar refractivity (Wildman–Crippen MR) is 132 cm³/mol. The highest BCUT2D eigenvalue weighted by Crippen LogP contribution is 2.26. The number of aliphatic imine (C=N–C) groups is 1. The highest BCUT2D eigenvalue weighted by molar-refractivity contribution is 6.69. The molecule has 168 valence electrons. The lowest BCUT2D eigenvalue weighted by Gasteiger charge is -2.08. The number of hydrogen-bond acceptors (Lipinski definition) is 7. The van der Waals surface area contributed by atoms with Crippen LogP contribution in [0, 0.1) is 6.57 Å². The Morgan fingerprint density at radius 3 is 2.21 bits per heavy atom. The maximum atomic E-state index is 6.74. The van der Waals surface area contributed by atoms with E-state index in [0.29, 0.717) is 42.9 Å². The van der Waals surface area contributed by atoms with E-state index in [4.69, 9.17) is 64.6 Å². The van der Waals surface area contributed by atoms with Gasteiger partial charge in [0.15, 0.2) is 16.0 Å². The number of hydrazone groups is 1. The van der Waals surface area contributed by atoms with E-state index in [1.807, 2.05) is 0 Å². The normalized spacial score (nSPS) is 13.5. The van der Waals surface area contributed by atoms with Gasteiger partial charge in [0.2, 0.25) is 17.9 Å². The van der Waals surface area contributed by atoms with Crippen molar-refractivity contribution in [3.63, 3.8) is 0 Å². The summed E-state index contributed by atoms with van der Waals surface area (Å²) >= 11 is 28.6.